The van der Waals surface area contributed by atoms with Crippen LogP contribution < -0.4 is 0 Å². The fourth-order valence-corrected chi connectivity index (χ4v) is 3.83. The van der Waals surface area contributed by atoms with Gasteiger partial charge >= 0.3 is 0 Å². The first-order chi connectivity index (χ1) is 9.04. The average molecular weight is 260 g/mol. The van der Waals surface area contributed by atoms with E-state index >= 15 is 0 Å². The number of hydrogen-bond donors (Lipinski definition) is 0. The Morgan fingerprint density at radius 1 is 1.11 bits per heavy atom. The fourth-order valence-electron chi connectivity index (χ4n) is 3.83. The predicted molar refractivity (Wildman–Crippen MR) is 81.0 cm³/mol. The Labute approximate surface area is 118 Å². The van der Waals surface area contributed by atoms with E-state index in [1.807, 2.05) is 0 Å². The van der Waals surface area contributed by atoms with E-state index in [4.69, 9.17) is 0 Å². The largest absolute Gasteiger partial charge is 0.303 e. The molecule has 1 nitrogen and oxygen atoms in total. The van der Waals surface area contributed by atoms with Crippen LogP contribution in [-0.2, 0) is 4.79 Å². The van der Waals surface area contributed by atoms with Crippen LogP contribution in [0.25, 0.3) is 0 Å². The Balaban J connectivity index is 2.14. The van der Waals surface area contributed by atoms with Crippen molar-refractivity contribution in [3.63, 3.8) is 0 Å². The second kappa shape index (κ2) is 6.07. The monoisotopic (exact) mass is 260 g/mol. The lowest BCUT2D eigenvalue weighted by molar-refractivity contribution is -0.112. The molecule has 0 spiro atoms. The number of allylic oxidation sites excluding steroid dienone is 4. The molecule has 0 aromatic rings. The van der Waals surface area contributed by atoms with Crippen LogP contribution in [0.2, 0.25) is 0 Å². The molecule has 0 aromatic heterocycles. The molecule has 0 amide bonds. The Bertz CT molecular complexity index is 386. The van der Waals surface area contributed by atoms with Gasteiger partial charge in [-0.2, -0.15) is 0 Å². The lowest BCUT2D eigenvalue weighted by Gasteiger charge is -2.33. The van der Waals surface area contributed by atoms with Crippen LogP contribution in [0.3, 0.4) is 0 Å². The molecule has 2 rings (SSSR count). The Morgan fingerprint density at radius 3 is 2.42 bits per heavy atom. The quantitative estimate of drug-likeness (QED) is 0.647. The minimum Gasteiger partial charge on any atom is -0.303 e. The topological polar surface area (TPSA) is 17.1 Å². The maximum atomic E-state index is 11.2. The van der Waals surface area contributed by atoms with E-state index in [-0.39, 0.29) is 5.92 Å². The summed E-state index contributed by atoms with van der Waals surface area (Å²) in [4.78, 5) is 11.2. The first kappa shape index (κ1) is 14.6. The van der Waals surface area contributed by atoms with Crippen LogP contribution in [0.5, 0.6) is 0 Å². The van der Waals surface area contributed by atoms with E-state index in [2.05, 4.69) is 32.9 Å². The van der Waals surface area contributed by atoms with Gasteiger partial charge in [0.2, 0.25) is 0 Å². The van der Waals surface area contributed by atoms with Crippen molar-refractivity contribution in [2.75, 3.05) is 0 Å². The van der Waals surface area contributed by atoms with Gasteiger partial charge in [-0.15, -0.1) is 0 Å². The maximum Gasteiger partial charge on any atom is 0.123 e. The molecule has 2 aliphatic carbocycles. The summed E-state index contributed by atoms with van der Waals surface area (Å²) in [6.45, 7) is 6.99. The number of hydrogen-bond acceptors (Lipinski definition) is 1. The highest BCUT2D eigenvalue weighted by atomic mass is 16.1. The molecule has 0 N–H and O–H groups in total. The molecule has 0 heterocycles. The molecule has 1 saturated carbocycles. The second-order valence-corrected chi connectivity index (χ2v) is 7.04. The van der Waals surface area contributed by atoms with Gasteiger partial charge in [0, 0.05) is 5.92 Å². The van der Waals surface area contributed by atoms with Gasteiger partial charge < -0.3 is 4.79 Å². The predicted octanol–water partition coefficient (Wildman–Crippen LogP) is 5.07. The summed E-state index contributed by atoms with van der Waals surface area (Å²) in [5, 5.41) is 0. The van der Waals surface area contributed by atoms with Crippen molar-refractivity contribution in [2.45, 2.75) is 65.7 Å². The van der Waals surface area contributed by atoms with E-state index in [0.29, 0.717) is 11.3 Å². The van der Waals surface area contributed by atoms with Gasteiger partial charge in [0.1, 0.15) is 6.29 Å². The minimum absolute atomic E-state index is 0.262. The van der Waals surface area contributed by atoms with Crippen LogP contribution in [-0.4, -0.2) is 6.29 Å². The summed E-state index contributed by atoms with van der Waals surface area (Å²) in [6, 6.07) is 0. The van der Waals surface area contributed by atoms with E-state index in [0.717, 1.165) is 6.42 Å². The van der Waals surface area contributed by atoms with Crippen molar-refractivity contribution in [3.8, 4) is 0 Å². The molecule has 0 aromatic carbocycles. The number of rotatable bonds is 3. The first-order valence-corrected chi connectivity index (χ1v) is 7.88. The van der Waals surface area contributed by atoms with Crippen molar-refractivity contribution >= 4 is 6.29 Å². The SMILES string of the molecule is CC1=C(/C=C/C2CCCC[C@@H]2C=O)C(C)(C)CCC1. The molecule has 106 valence electrons. The molecule has 1 unspecified atom stereocenters. The summed E-state index contributed by atoms with van der Waals surface area (Å²) in [7, 11) is 0. The van der Waals surface area contributed by atoms with E-state index in [1.165, 1.54) is 50.4 Å². The molecular formula is C18H28O. The molecule has 0 saturated heterocycles. The van der Waals surface area contributed by atoms with E-state index in [1.54, 1.807) is 5.57 Å². The lowest BCUT2D eigenvalue weighted by Crippen LogP contribution is -2.21. The molecule has 0 radical (unpaired) electrons. The van der Waals surface area contributed by atoms with E-state index < -0.39 is 0 Å². The van der Waals surface area contributed by atoms with Crippen molar-refractivity contribution in [2.24, 2.45) is 17.3 Å². The summed E-state index contributed by atoms with van der Waals surface area (Å²) in [5.74, 6) is 0.738. The van der Waals surface area contributed by atoms with Crippen molar-refractivity contribution in [1.29, 1.82) is 0 Å². The summed E-state index contributed by atoms with van der Waals surface area (Å²) in [6.07, 6.45) is 14.5. The zero-order chi connectivity index (χ0) is 13.9. The van der Waals surface area contributed by atoms with E-state index in [9.17, 15) is 4.79 Å². The Hall–Kier alpha value is -0.850. The maximum absolute atomic E-state index is 11.2. The van der Waals surface area contributed by atoms with Gasteiger partial charge in [0.15, 0.2) is 0 Å². The number of carbonyl (C=O) groups is 1. The van der Waals surface area contributed by atoms with Gasteiger partial charge in [-0.25, -0.2) is 0 Å². The molecular weight excluding hydrogens is 232 g/mol. The lowest BCUT2D eigenvalue weighted by atomic mass is 9.72. The molecule has 19 heavy (non-hydrogen) atoms. The van der Waals surface area contributed by atoms with Crippen LogP contribution in [0, 0.1) is 17.3 Å². The smallest absolute Gasteiger partial charge is 0.123 e. The molecule has 0 aliphatic heterocycles. The standard InChI is InChI=1S/C18H28O/c1-14-7-6-12-18(2,3)17(14)11-10-15-8-4-5-9-16(15)13-19/h10-11,13,15-16H,4-9,12H2,1-3H3/b11-10+/t15?,16-/m1/s1. The van der Waals surface area contributed by atoms with Gasteiger partial charge in [-0.05, 0) is 55.9 Å². The van der Waals surface area contributed by atoms with Crippen molar-refractivity contribution in [3.05, 3.63) is 23.3 Å². The Morgan fingerprint density at radius 2 is 1.79 bits per heavy atom. The van der Waals surface area contributed by atoms with Gasteiger partial charge in [-0.3, -0.25) is 0 Å². The highest BCUT2D eigenvalue weighted by Crippen LogP contribution is 2.41. The third kappa shape index (κ3) is 3.38. The summed E-state index contributed by atoms with van der Waals surface area (Å²) < 4.78 is 0. The average Bonchev–Trinajstić information content (AvgIpc) is 2.38. The molecule has 2 atom stereocenters. The number of carbonyl (C=O) groups excluding carboxylic acids is 1. The van der Waals surface area contributed by atoms with Crippen molar-refractivity contribution < 1.29 is 4.79 Å². The van der Waals surface area contributed by atoms with Gasteiger partial charge in [0.05, 0.1) is 0 Å². The third-order valence-corrected chi connectivity index (χ3v) is 5.10. The summed E-state index contributed by atoms with van der Waals surface area (Å²) >= 11 is 0. The van der Waals surface area contributed by atoms with Crippen LogP contribution in [0.15, 0.2) is 23.3 Å². The Kier molecular flexibility index (Phi) is 4.65. The minimum atomic E-state index is 0.262. The van der Waals surface area contributed by atoms with Crippen LogP contribution in [0.1, 0.15) is 65.7 Å². The zero-order valence-electron chi connectivity index (χ0n) is 12.7. The third-order valence-electron chi connectivity index (χ3n) is 5.10. The van der Waals surface area contributed by atoms with Crippen LogP contribution in [0.4, 0.5) is 0 Å². The number of aldehydes is 1. The normalized spacial score (nSPS) is 31.7. The fraction of sp³-hybridized carbons (Fsp3) is 0.722. The zero-order valence-corrected chi connectivity index (χ0v) is 12.7. The molecule has 0 bridgehead atoms. The first-order valence-electron chi connectivity index (χ1n) is 7.88. The highest BCUT2D eigenvalue weighted by Gasteiger charge is 2.27. The molecule has 1 heteroatoms. The molecule has 1 fully saturated rings. The van der Waals surface area contributed by atoms with Gasteiger partial charge in [-0.1, -0.05) is 44.4 Å². The van der Waals surface area contributed by atoms with Crippen molar-refractivity contribution in [1.82, 2.24) is 0 Å². The second-order valence-electron chi connectivity index (χ2n) is 7.04. The molecule has 2 aliphatic rings. The highest BCUT2D eigenvalue weighted by molar-refractivity contribution is 5.55. The van der Waals surface area contributed by atoms with Gasteiger partial charge in [0.25, 0.3) is 0 Å². The summed E-state index contributed by atoms with van der Waals surface area (Å²) in [5.41, 5.74) is 3.38. The van der Waals surface area contributed by atoms with Crippen LogP contribution >= 0.6 is 0 Å².